The lowest BCUT2D eigenvalue weighted by Crippen LogP contribution is -2.39. The number of carbonyl (C=O) groups is 1. The van der Waals surface area contributed by atoms with Crippen molar-refractivity contribution in [1.29, 1.82) is 0 Å². The van der Waals surface area contributed by atoms with Crippen molar-refractivity contribution >= 4 is 23.1 Å². The van der Waals surface area contributed by atoms with E-state index in [9.17, 15) is 4.79 Å². The zero-order valence-corrected chi connectivity index (χ0v) is 13.6. The van der Waals surface area contributed by atoms with Crippen molar-refractivity contribution in [3.05, 3.63) is 34.4 Å². The van der Waals surface area contributed by atoms with Crippen LogP contribution in [0.4, 0.5) is 5.82 Å². The maximum atomic E-state index is 12.8. The van der Waals surface area contributed by atoms with Gasteiger partial charge in [-0.15, -0.1) is 21.5 Å². The predicted molar refractivity (Wildman–Crippen MR) is 86.1 cm³/mol. The van der Waals surface area contributed by atoms with Gasteiger partial charge in [0.1, 0.15) is 5.01 Å². The van der Waals surface area contributed by atoms with Crippen LogP contribution >= 0.6 is 11.3 Å². The van der Waals surface area contributed by atoms with Crippen LogP contribution in [0.2, 0.25) is 0 Å². The fraction of sp³-hybridized carbons (Fsp3) is 0.467. The average Bonchev–Trinajstić information content (AvgIpc) is 3.08. The van der Waals surface area contributed by atoms with Gasteiger partial charge in [0.2, 0.25) is 0 Å². The minimum atomic E-state index is -0.0577. The Kier molecular flexibility index (Phi) is 4.33. The molecule has 116 valence electrons. The van der Waals surface area contributed by atoms with E-state index >= 15 is 0 Å². The van der Waals surface area contributed by atoms with Crippen LogP contribution in [0, 0.1) is 0 Å². The molecule has 1 aliphatic rings. The average molecular weight is 317 g/mol. The zero-order valence-electron chi connectivity index (χ0n) is 12.8. The molecule has 0 saturated carbocycles. The van der Waals surface area contributed by atoms with Gasteiger partial charge in [-0.05, 0) is 31.4 Å². The van der Waals surface area contributed by atoms with Gasteiger partial charge in [-0.25, -0.2) is 4.98 Å². The molecule has 6 nitrogen and oxygen atoms in total. The minimum Gasteiger partial charge on any atom is -0.361 e. The van der Waals surface area contributed by atoms with Crippen LogP contribution in [0.25, 0.3) is 0 Å². The van der Waals surface area contributed by atoms with Gasteiger partial charge < -0.3 is 9.80 Å². The highest BCUT2D eigenvalue weighted by molar-refractivity contribution is 7.09. The fourth-order valence-electron chi connectivity index (χ4n) is 2.66. The number of anilines is 1. The first-order valence-electron chi connectivity index (χ1n) is 7.38. The van der Waals surface area contributed by atoms with Crippen molar-refractivity contribution in [2.24, 2.45) is 0 Å². The van der Waals surface area contributed by atoms with Gasteiger partial charge in [0.05, 0.1) is 6.04 Å². The van der Waals surface area contributed by atoms with Crippen LogP contribution in [0.5, 0.6) is 0 Å². The number of nitrogens with zero attached hydrogens (tertiary/aromatic N) is 5. The maximum absolute atomic E-state index is 12.8. The van der Waals surface area contributed by atoms with Crippen LogP contribution in [-0.2, 0) is 0 Å². The molecule has 1 amide bonds. The van der Waals surface area contributed by atoms with Crippen molar-refractivity contribution < 1.29 is 4.79 Å². The molecular weight excluding hydrogens is 298 g/mol. The Bertz CT molecular complexity index is 626. The number of likely N-dealkylation sites (tertiary alicyclic amines) is 1. The predicted octanol–water partition coefficient (Wildman–Crippen LogP) is 2.37. The van der Waals surface area contributed by atoms with E-state index in [0.717, 1.165) is 36.6 Å². The third-order valence-electron chi connectivity index (χ3n) is 3.83. The molecule has 1 fully saturated rings. The van der Waals surface area contributed by atoms with E-state index in [1.807, 2.05) is 35.3 Å². The highest BCUT2D eigenvalue weighted by Crippen LogP contribution is 2.32. The minimum absolute atomic E-state index is 0.0577. The molecule has 7 heteroatoms. The third kappa shape index (κ3) is 2.94. The first-order chi connectivity index (χ1) is 10.7. The van der Waals surface area contributed by atoms with E-state index in [0.29, 0.717) is 5.69 Å². The zero-order chi connectivity index (χ0) is 15.5. The third-order valence-corrected chi connectivity index (χ3v) is 4.70. The fourth-order valence-corrected chi connectivity index (χ4v) is 3.44. The number of piperidine rings is 1. The summed E-state index contributed by atoms with van der Waals surface area (Å²) in [7, 11) is 3.79. The largest absolute Gasteiger partial charge is 0.361 e. The van der Waals surface area contributed by atoms with Gasteiger partial charge in [0.15, 0.2) is 11.5 Å². The number of amides is 1. The summed E-state index contributed by atoms with van der Waals surface area (Å²) in [6.07, 6.45) is 4.90. The molecular formula is C15H19N5OS. The lowest BCUT2D eigenvalue weighted by Gasteiger charge is -2.34. The Morgan fingerprint density at radius 1 is 1.32 bits per heavy atom. The molecule has 0 unspecified atom stereocenters. The first kappa shape index (κ1) is 14.9. The summed E-state index contributed by atoms with van der Waals surface area (Å²) in [5.41, 5.74) is 0.397. The quantitative estimate of drug-likeness (QED) is 0.869. The van der Waals surface area contributed by atoms with Gasteiger partial charge >= 0.3 is 0 Å². The van der Waals surface area contributed by atoms with Crippen LogP contribution in [0.15, 0.2) is 23.7 Å². The van der Waals surface area contributed by atoms with E-state index < -0.39 is 0 Å². The van der Waals surface area contributed by atoms with E-state index in [4.69, 9.17) is 0 Å². The maximum Gasteiger partial charge on any atom is 0.274 e. The van der Waals surface area contributed by atoms with Crippen molar-refractivity contribution in [3.8, 4) is 0 Å². The number of rotatable bonds is 3. The Balaban J connectivity index is 1.82. The molecule has 0 radical (unpaired) electrons. The standard InChI is InChI=1S/C15H19N5OS/c1-19(2)13-7-6-11(17-18-13)15(21)20-9-4-3-5-12(20)14-16-8-10-22-14/h6-8,10,12H,3-5,9H2,1-2H3/t12-/m1/s1. The van der Waals surface area contributed by atoms with Gasteiger partial charge in [0, 0.05) is 32.2 Å². The number of aromatic nitrogens is 3. The van der Waals surface area contributed by atoms with Crippen LogP contribution < -0.4 is 4.90 Å². The van der Waals surface area contributed by atoms with E-state index in [-0.39, 0.29) is 11.9 Å². The Morgan fingerprint density at radius 2 is 2.18 bits per heavy atom. The summed E-state index contributed by atoms with van der Waals surface area (Å²) < 4.78 is 0. The second-order valence-corrected chi connectivity index (χ2v) is 6.48. The summed E-state index contributed by atoms with van der Waals surface area (Å²) in [6.45, 7) is 0.750. The molecule has 2 aromatic rings. The molecule has 0 N–H and O–H groups in total. The summed E-state index contributed by atoms with van der Waals surface area (Å²) in [5.74, 6) is 0.685. The molecule has 1 saturated heterocycles. The van der Waals surface area contributed by atoms with E-state index in [2.05, 4.69) is 15.2 Å². The molecule has 3 heterocycles. The number of thiazole rings is 1. The smallest absolute Gasteiger partial charge is 0.274 e. The Hall–Kier alpha value is -2.02. The molecule has 0 aromatic carbocycles. The van der Waals surface area contributed by atoms with Gasteiger partial charge in [-0.1, -0.05) is 0 Å². The molecule has 1 atom stereocenters. The number of carbonyl (C=O) groups excluding carboxylic acids is 1. The number of hydrogen-bond acceptors (Lipinski definition) is 6. The Labute approximate surface area is 133 Å². The summed E-state index contributed by atoms with van der Waals surface area (Å²) >= 11 is 1.60. The van der Waals surface area contributed by atoms with Crippen LogP contribution in [0.1, 0.15) is 40.8 Å². The molecule has 1 aliphatic heterocycles. The number of hydrogen-bond donors (Lipinski definition) is 0. The summed E-state index contributed by atoms with van der Waals surface area (Å²) in [4.78, 5) is 20.9. The lowest BCUT2D eigenvalue weighted by atomic mass is 10.0. The second kappa shape index (κ2) is 6.39. The summed E-state index contributed by atoms with van der Waals surface area (Å²) in [6, 6.07) is 3.64. The lowest BCUT2D eigenvalue weighted by molar-refractivity contribution is 0.0604. The normalized spacial score (nSPS) is 18.3. The molecule has 0 spiro atoms. The van der Waals surface area contributed by atoms with Crippen molar-refractivity contribution in [1.82, 2.24) is 20.1 Å². The molecule has 3 rings (SSSR count). The van der Waals surface area contributed by atoms with Crippen LogP contribution in [-0.4, -0.2) is 46.6 Å². The highest BCUT2D eigenvalue weighted by Gasteiger charge is 2.31. The van der Waals surface area contributed by atoms with Crippen molar-refractivity contribution in [2.75, 3.05) is 25.5 Å². The molecule has 22 heavy (non-hydrogen) atoms. The molecule has 0 bridgehead atoms. The van der Waals surface area contributed by atoms with E-state index in [1.54, 1.807) is 23.6 Å². The Morgan fingerprint density at radius 3 is 2.82 bits per heavy atom. The molecule has 2 aromatic heterocycles. The van der Waals surface area contributed by atoms with Gasteiger partial charge in [-0.2, -0.15) is 0 Å². The SMILES string of the molecule is CN(C)c1ccc(C(=O)N2CCCC[C@@H]2c2nccs2)nn1. The highest BCUT2D eigenvalue weighted by atomic mass is 32.1. The topological polar surface area (TPSA) is 62.2 Å². The van der Waals surface area contributed by atoms with Crippen molar-refractivity contribution in [2.45, 2.75) is 25.3 Å². The van der Waals surface area contributed by atoms with Gasteiger partial charge in [0.25, 0.3) is 5.91 Å². The van der Waals surface area contributed by atoms with Crippen LogP contribution in [0.3, 0.4) is 0 Å². The van der Waals surface area contributed by atoms with Crippen molar-refractivity contribution in [3.63, 3.8) is 0 Å². The summed E-state index contributed by atoms with van der Waals surface area (Å²) in [5, 5.41) is 11.2. The monoisotopic (exact) mass is 317 g/mol. The first-order valence-corrected chi connectivity index (χ1v) is 8.26. The van der Waals surface area contributed by atoms with Gasteiger partial charge in [-0.3, -0.25) is 4.79 Å². The second-order valence-electron chi connectivity index (χ2n) is 5.55. The van der Waals surface area contributed by atoms with E-state index in [1.165, 1.54) is 0 Å². The molecule has 0 aliphatic carbocycles.